The molecule has 2 bridgehead atoms. The number of fused-ring (bicyclic) bond motifs is 2. The van der Waals surface area contributed by atoms with E-state index in [9.17, 15) is 5.26 Å². The first-order valence-corrected chi connectivity index (χ1v) is 7.65. The van der Waals surface area contributed by atoms with E-state index in [0.29, 0.717) is 16.9 Å². The second kappa shape index (κ2) is 4.25. The van der Waals surface area contributed by atoms with Gasteiger partial charge in [-0.3, -0.25) is 0 Å². The number of nitrogens with one attached hydrogen (secondary N) is 1. The fourth-order valence-electron chi connectivity index (χ4n) is 4.76. The summed E-state index contributed by atoms with van der Waals surface area (Å²) in [5.41, 5.74) is 3.67. The van der Waals surface area contributed by atoms with Crippen molar-refractivity contribution in [2.24, 2.45) is 16.7 Å². The van der Waals surface area contributed by atoms with Crippen LogP contribution in [0.5, 0.6) is 0 Å². The normalized spacial score (nSPS) is 34.0. The maximum Gasteiger partial charge on any atom is 0.101 e. The molecule has 0 heterocycles. The average molecular weight is 268 g/mol. The second-order valence-corrected chi connectivity index (χ2v) is 7.60. The van der Waals surface area contributed by atoms with Gasteiger partial charge in [0.1, 0.15) is 6.07 Å². The predicted octanol–water partition coefficient (Wildman–Crippen LogP) is 4.49. The monoisotopic (exact) mass is 268 g/mol. The third-order valence-electron chi connectivity index (χ3n) is 5.95. The number of para-hydroxylation sites is 1. The molecule has 3 rings (SSSR count). The molecule has 0 saturated heterocycles. The number of hydrogen-bond acceptors (Lipinski definition) is 2. The fraction of sp³-hybridized carbons (Fsp3) is 0.611. The Morgan fingerprint density at radius 2 is 2.05 bits per heavy atom. The highest BCUT2D eigenvalue weighted by Crippen LogP contribution is 2.63. The molecule has 1 N–H and O–H groups in total. The molecule has 1 aromatic carbocycles. The molecule has 3 unspecified atom stereocenters. The Labute approximate surface area is 122 Å². The lowest BCUT2D eigenvalue weighted by Crippen LogP contribution is -2.46. The molecule has 2 aliphatic carbocycles. The van der Waals surface area contributed by atoms with Crippen LogP contribution in [0.2, 0.25) is 0 Å². The molecule has 0 amide bonds. The first-order chi connectivity index (χ1) is 9.38. The highest BCUT2D eigenvalue weighted by atomic mass is 15.0. The van der Waals surface area contributed by atoms with Crippen molar-refractivity contribution >= 4 is 5.69 Å². The van der Waals surface area contributed by atoms with Crippen LogP contribution < -0.4 is 5.32 Å². The lowest BCUT2D eigenvalue weighted by atomic mass is 9.68. The Hall–Kier alpha value is -1.49. The molecule has 0 radical (unpaired) electrons. The third-order valence-corrected chi connectivity index (χ3v) is 5.95. The Morgan fingerprint density at radius 1 is 1.30 bits per heavy atom. The zero-order valence-corrected chi connectivity index (χ0v) is 13.0. The van der Waals surface area contributed by atoms with E-state index in [1.54, 1.807) is 0 Å². The third kappa shape index (κ3) is 1.76. The van der Waals surface area contributed by atoms with Gasteiger partial charge in [0, 0.05) is 6.04 Å². The maximum atomic E-state index is 9.35. The van der Waals surface area contributed by atoms with Crippen LogP contribution in [0.15, 0.2) is 18.2 Å². The van der Waals surface area contributed by atoms with E-state index in [1.165, 1.54) is 24.8 Å². The van der Waals surface area contributed by atoms with E-state index in [1.807, 2.05) is 12.1 Å². The van der Waals surface area contributed by atoms with Crippen LogP contribution in [0.3, 0.4) is 0 Å². The van der Waals surface area contributed by atoms with Gasteiger partial charge >= 0.3 is 0 Å². The van der Waals surface area contributed by atoms with E-state index in [2.05, 4.69) is 45.1 Å². The highest BCUT2D eigenvalue weighted by molar-refractivity contribution is 5.63. The highest BCUT2D eigenvalue weighted by Gasteiger charge is 2.59. The van der Waals surface area contributed by atoms with Crippen molar-refractivity contribution in [2.45, 2.75) is 53.0 Å². The van der Waals surface area contributed by atoms with E-state index in [-0.39, 0.29) is 0 Å². The summed E-state index contributed by atoms with van der Waals surface area (Å²) >= 11 is 0. The minimum absolute atomic E-state index is 0.308. The summed E-state index contributed by atoms with van der Waals surface area (Å²) in [5, 5.41) is 13.1. The number of rotatable bonds is 2. The molecular formula is C18H24N2. The van der Waals surface area contributed by atoms with Gasteiger partial charge in [-0.15, -0.1) is 0 Å². The van der Waals surface area contributed by atoms with Crippen molar-refractivity contribution in [2.75, 3.05) is 5.32 Å². The average Bonchev–Trinajstić information content (AvgIpc) is 2.87. The lowest BCUT2D eigenvalue weighted by molar-refractivity contribution is 0.155. The minimum atomic E-state index is 0.308. The summed E-state index contributed by atoms with van der Waals surface area (Å²) in [4.78, 5) is 0. The van der Waals surface area contributed by atoms with Gasteiger partial charge in [0.05, 0.1) is 11.3 Å². The fourth-order valence-corrected chi connectivity index (χ4v) is 4.76. The van der Waals surface area contributed by atoms with Gasteiger partial charge < -0.3 is 5.32 Å². The molecule has 2 nitrogen and oxygen atoms in total. The molecule has 1 aromatic rings. The number of nitriles is 1. The van der Waals surface area contributed by atoms with Crippen molar-refractivity contribution < 1.29 is 0 Å². The Kier molecular flexibility index (Phi) is 2.87. The summed E-state index contributed by atoms with van der Waals surface area (Å²) < 4.78 is 0. The number of aryl methyl sites for hydroxylation is 1. The maximum absolute atomic E-state index is 9.35. The van der Waals surface area contributed by atoms with Crippen LogP contribution in [0.4, 0.5) is 5.69 Å². The van der Waals surface area contributed by atoms with Crippen LogP contribution in [0, 0.1) is 35.0 Å². The Bertz CT molecular complexity index is 577. The van der Waals surface area contributed by atoms with Gasteiger partial charge in [-0.2, -0.15) is 5.26 Å². The Balaban J connectivity index is 1.98. The van der Waals surface area contributed by atoms with Gasteiger partial charge in [-0.05, 0) is 54.6 Å². The molecule has 0 aromatic heterocycles. The van der Waals surface area contributed by atoms with Crippen molar-refractivity contribution in [1.29, 1.82) is 5.26 Å². The molecule has 2 aliphatic rings. The summed E-state index contributed by atoms with van der Waals surface area (Å²) in [7, 11) is 0. The lowest BCUT2D eigenvalue weighted by Gasteiger charge is -2.44. The number of anilines is 1. The van der Waals surface area contributed by atoms with Crippen LogP contribution in [0.25, 0.3) is 0 Å². The molecule has 3 atom stereocenters. The second-order valence-electron chi connectivity index (χ2n) is 7.60. The summed E-state index contributed by atoms with van der Waals surface area (Å²) in [5.74, 6) is 0.819. The zero-order chi connectivity index (χ0) is 14.5. The molecule has 2 heteroatoms. The summed E-state index contributed by atoms with van der Waals surface area (Å²) in [6, 6.07) is 8.76. The zero-order valence-electron chi connectivity index (χ0n) is 13.0. The smallest absolute Gasteiger partial charge is 0.101 e. The molecule has 20 heavy (non-hydrogen) atoms. The largest absolute Gasteiger partial charge is 0.380 e. The van der Waals surface area contributed by atoms with Gasteiger partial charge in [0.25, 0.3) is 0 Å². The topological polar surface area (TPSA) is 35.8 Å². The summed E-state index contributed by atoms with van der Waals surface area (Å²) in [6.07, 6.45) is 4.00. The molecular weight excluding hydrogens is 244 g/mol. The molecule has 106 valence electrons. The predicted molar refractivity (Wildman–Crippen MR) is 82.5 cm³/mol. The van der Waals surface area contributed by atoms with Crippen LogP contribution in [-0.2, 0) is 0 Å². The first kappa shape index (κ1) is 13.5. The number of benzene rings is 1. The van der Waals surface area contributed by atoms with Gasteiger partial charge in [-0.25, -0.2) is 0 Å². The van der Waals surface area contributed by atoms with Crippen LogP contribution in [-0.4, -0.2) is 6.04 Å². The molecule has 0 spiro atoms. The standard InChI is InChI=1S/C18H24N2/c1-12-6-5-7-13(11-19)15(12)20-16-17(2,3)14-8-9-18(16,4)10-14/h5-7,14,16,20H,8-10H2,1-4H3. The quantitative estimate of drug-likeness (QED) is 0.857. The summed E-state index contributed by atoms with van der Waals surface area (Å²) in [6.45, 7) is 9.30. The Morgan fingerprint density at radius 3 is 2.65 bits per heavy atom. The molecule has 2 saturated carbocycles. The number of nitrogens with zero attached hydrogens (tertiary/aromatic N) is 1. The van der Waals surface area contributed by atoms with Gasteiger partial charge in [0.2, 0.25) is 0 Å². The van der Waals surface area contributed by atoms with Crippen molar-refractivity contribution in [3.8, 4) is 6.07 Å². The van der Waals surface area contributed by atoms with Crippen molar-refractivity contribution in [3.63, 3.8) is 0 Å². The van der Waals surface area contributed by atoms with Crippen LogP contribution in [0.1, 0.15) is 51.2 Å². The molecule has 2 fully saturated rings. The molecule has 0 aliphatic heterocycles. The number of hydrogen-bond donors (Lipinski definition) is 1. The van der Waals surface area contributed by atoms with Gasteiger partial charge in [-0.1, -0.05) is 32.9 Å². The van der Waals surface area contributed by atoms with Gasteiger partial charge in [0.15, 0.2) is 0 Å². The van der Waals surface area contributed by atoms with Crippen molar-refractivity contribution in [3.05, 3.63) is 29.3 Å². The van der Waals surface area contributed by atoms with Crippen LogP contribution >= 0.6 is 0 Å². The first-order valence-electron chi connectivity index (χ1n) is 7.65. The van der Waals surface area contributed by atoms with E-state index in [4.69, 9.17) is 0 Å². The van der Waals surface area contributed by atoms with E-state index < -0.39 is 0 Å². The van der Waals surface area contributed by atoms with E-state index >= 15 is 0 Å². The van der Waals surface area contributed by atoms with Crippen molar-refractivity contribution in [1.82, 2.24) is 0 Å². The minimum Gasteiger partial charge on any atom is -0.380 e. The van der Waals surface area contributed by atoms with E-state index in [0.717, 1.165) is 17.2 Å². The SMILES string of the molecule is Cc1cccc(C#N)c1NC1C2(C)CCC(C2)C1(C)C.